The van der Waals surface area contributed by atoms with Crippen molar-refractivity contribution in [3.8, 4) is 0 Å². The van der Waals surface area contributed by atoms with Crippen molar-refractivity contribution in [1.29, 1.82) is 0 Å². The smallest absolute Gasteiger partial charge is 0.319 e. The third kappa shape index (κ3) is 3.47. The number of esters is 1. The number of methoxy groups -OCH3 is 1. The first-order valence-electron chi connectivity index (χ1n) is 6.77. The van der Waals surface area contributed by atoms with Gasteiger partial charge in [-0.2, -0.15) is 0 Å². The van der Waals surface area contributed by atoms with Gasteiger partial charge in [0, 0.05) is 7.05 Å². The molecule has 0 amide bonds. The van der Waals surface area contributed by atoms with Gasteiger partial charge in [-0.3, -0.25) is 14.2 Å². The van der Waals surface area contributed by atoms with Crippen molar-refractivity contribution in [2.45, 2.75) is 36.6 Å². The Balaban J connectivity index is 2.33. The number of hydrogen-bond donors (Lipinski definition) is 0. The third-order valence-electron chi connectivity index (χ3n) is 3.18. The highest BCUT2D eigenvalue weighted by Gasteiger charge is 2.23. The second-order valence-corrected chi connectivity index (χ2v) is 6.75. The quantitative estimate of drug-likeness (QED) is 0.464. The summed E-state index contributed by atoms with van der Waals surface area (Å²) in [6.45, 7) is 2.07. The Bertz CT molecular complexity index is 693. The number of unbranched alkanes of at least 4 members (excludes halogenated alkanes) is 1. The minimum Gasteiger partial charge on any atom is -0.468 e. The van der Waals surface area contributed by atoms with Crippen LogP contribution in [0.25, 0.3) is 10.2 Å². The lowest BCUT2D eigenvalue weighted by Crippen LogP contribution is -2.23. The fraction of sp³-hybridized carbons (Fsp3) is 0.500. The molecular formula is C14H18N2O3S2. The van der Waals surface area contributed by atoms with Crippen LogP contribution in [0.5, 0.6) is 0 Å². The zero-order chi connectivity index (χ0) is 15.4. The zero-order valence-electron chi connectivity index (χ0n) is 12.3. The highest BCUT2D eigenvalue weighted by molar-refractivity contribution is 8.00. The Kier molecular flexibility index (Phi) is 5.41. The van der Waals surface area contributed by atoms with Crippen molar-refractivity contribution < 1.29 is 9.53 Å². The topological polar surface area (TPSA) is 61.2 Å². The van der Waals surface area contributed by atoms with E-state index in [1.54, 1.807) is 7.05 Å². The lowest BCUT2D eigenvalue weighted by atomic mass is 10.2. The summed E-state index contributed by atoms with van der Waals surface area (Å²) in [6, 6.07) is 1.82. The van der Waals surface area contributed by atoms with Gasteiger partial charge in [-0.15, -0.1) is 11.3 Å². The lowest BCUT2D eigenvalue weighted by molar-refractivity contribution is -0.140. The number of thiophene rings is 1. The molecule has 7 heteroatoms. The van der Waals surface area contributed by atoms with Crippen LogP contribution in [-0.2, 0) is 16.6 Å². The molecule has 1 unspecified atom stereocenters. The zero-order valence-corrected chi connectivity index (χ0v) is 13.9. The molecule has 0 bridgehead atoms. The molecule has 0 saturated heterocycles. The summed E-state index contributed by atoms with van der Waals surface area (Å²) < 4.78 is 7.00. The molecular weight excluding hydrogens is 308 g/mol. The predicted molar refractivity (Wildman–Crippen MR) is 86.0 cm³/mol. The molecule has 0 saturated carbocycles. The molecule has 0 aliphatic heterocycles. The molecule has 0 aromatic carbocycles. The number of hydrogen-bond acceptors (Lipinski definition) is 6. The average Bonchev–Trinajstić information content (AvgIpc) is 2.95. The maximum absolute atomic E-state index is 12.2. The summed E-state index contributed by atoms with van der Waals surface area (Å²) in [5, 5.41) is 2.07. The normalized spacial score (nSPS) is 12.5. The van der Waals surface area contributed by atoms with E-state index < -0.39 is 0 Å². The number of ether oxygens (including phenoxy) is 1. The number of carbonyl (C=O) groups excluding carboxylic acids is 1. The summed E-state index contributed by atoms with van der Waals surface area (Å²) in [6.07, 6.45) is 2.65. The molecule has 0 aliphatic carbocycles. The van der Waals surface area contributed by atoms with E-state index in [9.17, 15) is 9.59 Å². The summed E-state index contributed by atoms with van der Waals surface area (Å²) in [4.78, 5) is 28.6. The van der Waals surface area contributed by atoms with Crippen LogP contribution in [0.1, 0.15) is 26.2 Å². The van der Waals surface area contributed by atoms with E-state index in [2.05, 4.69) is 11.9 Å². The standard InChI is InChI=1S/C14H18N2O3S2/c1-4-5-6-10(13(18)19-3)21-14-15-9-7-8-20-11(9)12(17)16(14)2/h7-8,10H,4-6H2,1-3H3. The van der Waals surface area contributed by atoms with Gasteiger partial charge in [0.15, 0.2) is 5.16 Å². The first-order valence-corrected chi connectivity index (χ1v) is 8.53. The average molecular weight is 326 g/mol. The lowest BCUT2D eigenvalue weighted by Gasteiger charge is -2.15. The van der Waals surface area contributed by atoms with Gasteiger partial charge in [0.1, 0.15) is 9.95 Å². The van der Waals surface area contributed by atoms with Crippen molar-refractivity contribution in [1.82, 2.24) is 9.55 Å². The Hall–Kier alpha value is -1.34. The number of nitrogens with zero attached hydrogens (tertiary/aromatic N) is 2. The van der Waals surface area contributed by atoms with Crippen molar-refractivity contribution in [2.24, 2.45) is 7.05 Å². The fourth-order valence-electron chi connectivity index (χ4n) is 1.95. The van der Waals surface area contributed by atoms with Crippen molar-refractivity contribution >= 4 is 39.3 Å². The second kappa shape index (κ2) is 7.09. The number of aromatic nitrogens is 2. The SMILES string of the molecule is CCCCC(Sc1nc2ccsc2c(=O)n1C)C(=O)OC. The molecule has 2 aromatic heterocycles. The van der Waals surface area contributed by atoms with E-state index in [0.717, 1.165) is 12.8 Å². The van der Waals surface area contributed by atoms with Gasteiger partial charge < -0.3 is 4.74 Å². The summed E-state index contributed by atoms with van der Waals surface area (Å²) in [5.41, 5.74) is 0.612. The number of carbonyl (C=O) groups is 1. The molecule has 0 N–H and O–H groups in total. The van der Waals surface area contributed by atoms with Crippen molar-refractivity contribution in [3.05, 3.63) is 21.8 Å². The Labute approximate surface area is 131 Å². The second-order valence-electron chi connectivity index (χ2n) is 4.67. The predicted octanol–water partition coefficient (Wildman–Crippen LogP) is 2.82. The third-order valence-corrected chi connectivity index (χ3v) is 5.36. The van der Waals surface area contributed by atoms with Crippen LogP contribution >= 0.6 is 23.1 Å². The molecule has 2 aromatic rings. The van der Waals surface area contributed by atoms with Gasteiger partial charge in [-0.25, -0.2) is 4.98 Å². The monoisotopic (exact) mass is 326 g/mol. The van der Waals surface area contributed by atoms with Crippen molar-refractivity contribution in [2.75, 3.05) is 7.11 Å². The molecule has 2 heterocycles. The highest BCUT2D eigenvalue weighted by atomic mass is 32.2. The van der Waals surface area contributed by atoms with Gasteiger partial charge >= 0.3 is 5.97 Å². The first kappa shape index (κ1) is 16.0. The van der Waals surface area contributed by atoms with Gasteiger partial charge in [0.05, 0.1) is 12.6 Å². The Morgan fingerprint density at radius 1 is 1.57 bits per heavy atom. The van der Waals surface area contributed by atoms with E-state index in [-0.39, 0.29) is 16.8 Å². The summed E-state index contributed by atoms with van der Waals surface area (Å²) in [5.74, 6) is -0.270. The largest absolute Gasteiger partial charge is 0.468 e. The van der Waals surface area contributed by atoms with E-state index in [1.165, 1.54) is 34.8 Å². The van der Waals surface area contributed by atoms with Crippen LogP contribution in [0.2, 0.25) is 0 Å². The van der Waals surface area contributed by atoms with Crippen LogP contribution in [0, 0.1) is 0 Å². The molecule has 5 nitrogen and oxygen atoms in total. The summed E-state index contributed by atoms with van der Waals surface area (Å²) in [7, 11) is 3.07. The van der Waals surface area contributed by atoms with E-state index >= 15 is 0 Å². The Morgan fingerprint density at radius 2 is 2.33 bits per heavy atom. The minimum atomic E-state index is -0.330. The molecule has 0 spiro atoms. The van der Waals surface area contributed by atoms with Gasteiger partial charge in [0.25, 0.3) is 5.56 Å². The van der Waals surface area contributed by atoms with Gasteiger partial charge in [-0.1, -0.05) is 31.5 Å². The van der Waals surface area contributed by atoms with Crippen LogP contribution in [-0.4, -0.2) is 27.9 Å². The van der Waals surface area contributed by atoms with Gasteiger partial charge in [-0.05, 0) is 17.9 Å². The summed E-state index contributed by atoms with van der Waals surface area (Å²) >= 11 is 2.69. The highest BCUT2D eigenvalue weighted by Crippen LogP contribution is 2.27. The molecule has 0 fully saturated rings. The molecule has 21 heavy (non-hydrogen) atoms. The van der Waals surface area contributed by atoms with Crippen molar-refractivity contribution in [3.63, 3.8) is 0 Å². The number of thioether (sulfide) groups is 1. The number of fused-ring (bicyclic) bond motifs is 1. The molecule has 1 atom stereocenters. The maximum atomic E-state index is 12.2. The maximum Gasteiger partial charge on any atom is 0.319 e. The van der Waals surface area contributed by atoms with E-state index in [0.29, 0.717) is 21.8 Å². The van der Waals surface area contributed by atoms with Crippen LogP contribution in [0.3, 0.4) is 0 Å². The number of rotatable bonds is 6. The molecule has 2 rings (SSSR count). The fourth-order valence-corrected chi connectivity index (χ4v) is 3.88. The van der Waals surface area contributed by atoms with Crippen LogP contribution < -0.4 is 5.56 Å². The molecule has 0 radical (unpaired) electrons. The molecule has 0 aliphatic rings. The first-order chi connectivity index (χ1) is 10.1. The van der Waals surface area contributed by atoms with Crippen LogP contribution in [0.15, 0.2) is 21.4 Å². The van der Waals surface area contributed by atoms with E-state index in [4.69, 9.17) is 4.74 Å². The Morgan fingerprint density at radius 3 is 3.00 bits per heavy atom. The van der Waals surface area contributed by atoms with E-state index in [1.807, 2.05) is 11.4 Å². The van der Waals surface area contributed by atoms with Crippen LogP contribution in [0.4, 0.5) is 0 Å². The molecule has 114 valence electrons. The minimum absolute atomic E-state index is 0.0726. The van der Waals surface area contributed by atoms with Gasteiger partial charge in [0.2, 0.25) is 0 Å².